The Balaban J connectivity index is 2.00. The van der Waals surface area contributed by atoms with Gasteiger partial charge in [0.1, 0.15) is 11.4 Å². The quantitative estimate of drug-likeness (QED) is 0.871. The molecule has 0 unspecified atom stereocenters. The first kappa shape index (κ1) is 19.2. The molecule has 0 atom stereocenters. The van der Waals surface area contributed by atoms with Gasteiger partial charge in [-0.15, -0.1) is 0 Å². The van der Waals surface area contributed by atoms with Crippen molar-refractivity contribution >= 4 is 27.3 Å². The van der Waals surface area contributed by atoms with E-state index in [4.69, 9.17) is 4.74 Å². The fourth-order valence-electron chi connectivity index (χ4n) is 3.29. The number of carbonyl (C=O) groups excluding carboxylic acids is 1. The molecule has 2 aromatic rings. The lowest BCUT2D eigenvalue weighted by Gasteiger charge is -2.39. The molecule has 3 rings (SSSR count). The minimum Gasteiger partial charge on any atom is -0.484 e. The molecule has 27 heavy (non-hydrogen) atoms. The van der Waals surface area contributed by atoms with E-state index < -0.39 is 15.6 Å². The molecule has 1 heterocycles. The summed E-state index contributed by atoms with van der Waals surface area (Å²) in [6.07, 6.45) is 0. The Labute approximate surface area is 160 Å². The number of ether oxygens (including phenoxy) is 1. The van der Waals surface area contributed by atoms with E-state index in [2.05, 4.69) is 4.72 Å². The molecule has 1 amide bonds. The Hall–Kier alpha value is -2.54. The van der Waals surface area contributed by atoms with E-state index in [0.29, 0.717) is 23.7 Å². The molecular formula is C20H24N2O4S. The fourth-order valence-corrected chi connectivity index (χ4v) is 4.35. The number of rotatable bonds is 3. The number of hydrogen-bond acceptors (Lipinski definition) is 4. The fraction of sp³-hybridized carbons (Fsp3) is 0.350. The summed E-state index contributed by atoms with van der Waals surface area (Å²) in [6, 6.07) is 10.1. The van der Waals surface area contributed by atoms with Gasteiger partial charge in [-0.05, 0) is 69.2 Å². The van der Waals surface area contributed by atoms with E-state index in [1.165, 1.54) is 19.1 Å². The molecule has 0 saturated heterocycles. The maximum absolute atomic E-state index is 12.9. The van der Waals surface area contributed by atoms with Crippen LogP contribution in [0.15, 0.2) is 41.3 Å². The molecular weight excluding hydrogens is 364 g/mol. The molecule has 1 aliphatic rings. The summed E-state index contributed by atoms with van der Waals surface area (Å²) in [7, 11) is -3.80. The second kappa shape index (κ2) is 6.56. The number of nitrogens with one attached hydrogen (secondary N) is 1. The Kier molecular flexibility index (Phi) is 4.67. The normalized spacial score (nSPS) is 15.7. The number of benzene rings is 2. The van der Waals surface area contributed by atoms with E-state index in [9.17, 15) is 13.2 Å². The van der Waals surface area contributed by atoms with Crippen molar-refractivity contribution in [3.05, 3.63) is 47.5 Å². The summed E-state index contributed by atoms with van der Waals surface area (Å²) in [5.74, 6) is 0.330. The third-order valence-electron chi connectivity index (χ3n) is 4.31. The number of fused-ring (bicyclic) bond motifs is 1. The molecule has 0 saturated carbocycles. The molecule has 2 aromatic carbocycles. The van der Waals surface area contributed by atoms with Crippen molar-refractivity contribution in [3.8, 4) is 5.75 Å². The van der Waals surface area contributed by atoms with Crippen molar-refractivity contribution in [2.75, 3.05) is 16.2 Å². The Morgan fingerprint density at radius 3 is 2.33 bits per heavy atom. The molecule has 144 valence electrons. The van der Waals surface area contributed by atoms with Crippen molar-refractivity contribution < 1.29 is 17.9 Å². The molecule has 0 radical (unpaired) electrons. The van der Waals surface area contributed by atoms with Gasteiger partial charge in [-0.3, -0.25) is 9.52 Å². The molecule has 0 fully saturated rings. The van der Waals surface area contributed by atoms with E-state index in [1.807, 2.05) is 33.8 Å². The van der Waals surface area contributed by atoms with Gasteiger partial charge in [0.15, 0.2) is 0 Å². The Morgan fingerprint density at radius 1 is 1.11 bits per heavy atom. The third-order valence-corrected chi connectivity index (χ3v) is 5.69. The van der Waals surface area contributed by atoms with Crippen LogP contribution in [0.5, 0.6) is 5.75 Å². The summed E-state index contributed by atoms with van der Waals surface area (Å²) in [5, 5.41) is 0. The number of sulfonamides is 1. The molecule has 0 bridgehead atoms. The van der Waals surface area contributed by atoms with Crippen LogP contribution in [0.25, 0.3) is 0 Å². The van der Waals surface area contributed by atoms with Crippen LogP contribution in [0.4, 0.5) is 11.4 Å². The highest BCUT2D eigenvalue weighted by atomic mass is 32.2. The number of anilines is 2. The molecule has 0 aliphatic carbocycles. The minimum absolute atomic E-state index is 0.0787. The summed E-state index contributed by atoms with van der Waals surface area (Å²) in [5.41, 5.74) is 2.36. The average molecular weight is 388 g/mol. The van der Waals surface area contributed by atoms with Gasteiger partial charge in [0, 0.05) is 12.6 Å². The zero-order valence-electron chi connectivity index (χ0n) is 16.2. The number of aryl methyl sites for hydroxylation is 2. The van der Waals surface area contributed by atoms with Crippen molar-refractivity contribution in [3.63, 3.8) is 0 Å². The number of carbonyl (C=O) groups is 1. The summed E-state index contributed by atoms with van der Waals surface area (Å²) < 4.78 is 34.2. The van der Waals surface area contributed by atoms with Crippen LogP contribution < -0.4 is 14.4 Å². The monoisotopic (exact) mass is 388 g/mol. The van der Waals surface area contributed by atoms with Crippen molar-refractivity contribution in [1.29, 1.82) is 0 Å². The highest BCUT2D eigenvalue weighted by Crippen LogP contribution is 2.38. The zero-order valence-corrected chi connectivity index (χ0v) is 17.0. The van der Waals surface area contributed by atoms with Gasteiger partial charge in [-0.25, -0.2) is 8.42 Å². The van der Waals surface area contributed by atoms with Gasteiger partial charge in [0.25, 0.3) is 10.0 Å². The number of hydrogen-bond donors (Lipinski definition) is 1. The van der Waals surface area contributed by atoms with Crippen LogP contribution in [0.1, 0.15) is 31.9 Å². The first-order valence-corrected chi connectivity index (χ1v) is 10.2. The summed E-state index contributed by atoms with van der Waals surface area (Å²) in [4.78, 5) is 13.7. The third kappa shape index (κ3) is 4.08. The Bertz CT molecular complexity index is 992. The lowest BCUT2D eigenvalue weighted by Crippen LogP contribution is -2.48. The molecule has 1 N–H and O–H groups in total. The maximum atomic E-state index is 12.9. The average Bonchev–Trinajstić information content (AvgIpc) is 2.51. The Morgan fingerprint density at radius 2 is 1.74 bits per heavy atom. The largest absolute Gasteiger partial charge is 0.484 e. The molecule has 0 aromatic heterocycles. The van der Waals surface area contributed by atoms with Gasteiger partial charge in [-0.2, -0.15) is 0 Å². The smallest absolute Gasteiger partial charge is 0.261 e. The standard InChI is InChI=1S/C20H24N2O4S/c1-13-8-14(2)10-16(9-13)21-27(24,25)17-6-7-19-18(11-17)22(15(3)23)12-20(4,5)26-19/h6-11,21H,12H2,1-5H3. The van der Waals surface area contributed by atoms with E-state index in [0.717, 1.165) is 11.1 Å². The van der Waals surface area contributed by atoms with Gasteiger partial charge in [-0.1, -0.05) is 6.07 Å². The predicted molar refractivity (Wildman–Crippen MR) is 106 cm³/mol. The van der Waals surface area contributed by atoms with Crippen molar-refractivity contribution in [1.82, 2.24) is 0 Å². The van der Waals surface area contributed by atoms with Crippen LogP contribution in [-0.2, 0) is 14.8 Å². The highest BCUT2D eigenvalue weighted by molar-refractivity contribution is 7.92. The minimum atomic E-state index is -3.80. The van der Waals surface area contributed by atoms with Gasteiger partial charge in [0.2, 0.25) is 5.91 Å². The topological polar surface area (TPSA) is 75.7 Å². The lowest BCUT2D eigenvalue weighted by molar-refractivity contribution is -0.117. The predicted octanol–water partition coefficient (Wildman–Crippen LogP) is 3.63. The van der Waals surface area contributed by atoms with Crippen LogP contribution >= 0.6 is 0 Å². The summed E-state index contributed by atoms with van der Waals surface area (Å²) >= 11 is 0. The summed E-state index contributed by atoms with van der Waals surface area (Å²) in [6.45, 7) is 9.40. The number of nitrogens with zero attached hydrogens (tertiary/aromatic N) is 1. The van der Waals surface area contributed by atoms with Gasteiger partial charge in [0.05, 0.1) is 17.1 Å². The van der Waals surface area contributed by atoms with Crippen molar-refractivity contribution in [2.24, 2.45) is 0 Å². The maximum Gasteiger partial charge on any atom is 0.261 e. The van der Waals surface area contributed by atoms with E-state index in [1.54, 1.807) is 23.1 Å². The first-order valence-electron chi connectivity index (χ1n) is 8.69. The van der Waals surface area contributed by atoms with Crippen molar-refractivity contribution in [2.45, 2.75) is 45.1 Å². The van der Waals surface area contributed by atoms with Gasteiger partial charge < -0.3 is 9.64 Å². The molecule has 6 nitrogen and oxygen atoms in total. The first-order chi connectivity index (χ1) is 12.5. The van der Waals surface area contributed by atoms with Crippen LogP contribution in [0, 0.1) is 13.8 Å². The lowest BCUT2D eigenvalue weighted by atomic mass is 10.1. The highest BCUT2D eigenvalue weighted by Gasteiger charge is 2.34. The zero-order chi connectivity index (χ0) is 20.0. The van der Waals surface area contributed by atoms with Gasteiger partial charge >= 0.3 is 0 Å². The second-order valence-electron chi connectivity index (χ2n) is 7.58. The number of amides is 1. The van der Waals surface area contributed by atoms with Crippen LogP contribution in [0.2, 0.25) is 0 Å². The molecule has 0 spiro atoms. The molecule has 7 heteroatoms. The SMILES string of the molecule is CC(=O)N1CC(C)(C)Oc2ccc(S(=O)(=O)Nc3cc(C)cc(C)c3)cc21. The second-order valence-corrected chi connectivity index (χ2v) is 9.26. The molecule has 1 aliphatic heterocycles. The van der Waals surface area contributed by atoms with Crippen LogP contribution in [0.3, 0.4) is 0 Å². The van der Waals surface area contributed by atoms with E-state index >= 15 is 0 Å². The van der Waals surface area contributed by atoms with E-state index in [-0.39, 0.29) is 10.8 Å². The van der Waals surface area contributed by atoms with Crippen LogP contribution in [-0.4, -0.2) is 26.5 Å².